The van der Waals surface area contributed by atoms with E-state index in [0.717, 1.165) is 0 Å². The van der Waals surface area contributed by atoms with Crippen LogP contribution in [0.15, 0.2) is 23.1 Å². The lowest BCUT2D eigenvalue weighted by Gasteiger charge is -2.37. The van der Waals surface area contributed by atoms with E-state index in [9.17, 15) is 23.4 Å². The van der Waals surface area contributed by atoms with E-state index in [2.05, 4.69) is 11.8 Å². The molecule has 1 aromatic rings. The largest absolute Gasteiger partial charge is 0.487 e. The number of carbonyl (C=O) groups is 1. The molecule has 0 bridgehead atoms. The number of hydrogen-bond acceptors (Lipinski definition) is 6. The molecule has 0 saturated carbocycles. The Morgan fingerprint density at radius 3 is 2.65 bits per heavy atom. The summed E-state index contributed by atoms with van der Waals surface area (Å²) >= 11 is 0. The summed E-state index contributed by atoms with van der Waals surface area (Å²) < 4.78 is 34.2. The summed E-state index contributed by atoms with van der Waals surface area (Å²) in [5.41, 5.74) is 0.501. The molecule has 31 heavy (non-hydrogen) atoms. The predicted octanol–water partition coefficient (Wildman–Crippen LogP) is 1.06. The Kier molecular flexibility index (Phi) is 8.49. The van der Waals surface area contributed by atoms with Crippen molar-refractivity contribution in [2.24, 2.45) is 5.92 Å². The number of rotatable bonds is 5. The van der Waals surface area contributed by atoms with Crippen LogP contribution in [0.5, 0.6) is 5.75 Å². The van der Waals surface area contributed by atoms with Crippen molar-refractivity contribution in [2.45, 2.75) is 57.3 Å². The van der Waals surface area contributed by atoms with Gasteiger partial charge in [0.2, 0.25) is 15.9 Å². The van der Waals surface area contributed by atoms with Crippen molar-refractivity contribution in [3.8, 4) is 17.6 Å². The lowest BCUT2D eigenvalue weighted by Crippen LogP contribution is -2.50. The molecule has 1 aliphatic rings. The van der Waals surface area contributed by atoms with Crippen LogP contribution in [0.3, 0.4) is 0 Å². The highest BCUT2D eigenvalue weighted by Gasteiger charge is 2.38. The zero-order chi connectivity index (χ0) is 23.3. The number of nitrogens with zero attached hydrogens (tertiary/aromatic N) is 2. The summed E-state index contributed by atoms with van der Waals surface area (Å²) in [7, 11) is -2.25. The Bertz CT molecular complexity index is 950. The van der Waals surface area contributed by atoms with Crippen molar-refractivity contribution in [2.75, 3.05) is 26.7 Å². The van der Waals surface area contributed by atoms with Gasteiger partial charge in [0.15, 0.2) is 0 Å². The van der Waals surface area contributed by atoms with E-state index in [1.165, 1.54) is 23.4 Å². The molecule has 0 aliphatic carbocycles. The molecule has 0 unspecified atom stereocenters. The monoisotopic (exact) mass is 452 g/mol. The molecule has 172 valence electrons. The Labute approximate surface area is 184 Å². The zero-order valence-corrected chi connectivity index (χ0v) is 19.5. The van der Waals surface area contributed by atoms with Crippen molar-refractivity contribution in [1.82, 2.24) is 9.21 Å². The van der Waals surface area contributed by atoms with Gasteiger partial charge in [-0.1, -0.05) is 25.7 Å². The number of amides is 1. The SMILES string of the molecule is CCC(=O)N(C)C[C@H]1Oc2cc(C#C[C@@H](C)O)ccc2S(=O)(=O)N([C@@H](C)CO)C[C@H]1C. The topological polar surface area (TPSA) is 107 Å². The number of sulfonamides is 1. The lowest BCUT2D eigenvalue weighted by atomic mass is 10.0. The molecule has 0 saturated heterocycles. The second-order valence-electron chi connectivity index (χ2n) is 7.97. The fraction of sp³-hybridized carbons (Fsp3) is 0.591. The third kappa shape index (κ3) is 5.98. The Hall–Kier alpha value is -2.12. The fourth-order valence-corrected chi connectivity index (χ4v) is 5.18. The molecule has 4 atom stereocenters. The van der Waals surface area contributed by atoms with Crippen LogP contribution in [0.2, 0.25) is 0 Å². The first kappa shape index (κ1) is 25.1. The molecule has 0 spiro atoms. The van der Waals surface area contributed by atoms with Gasteiger partial charge in [0, 0.05) is 37.5 Å². The van der Waals surface area contributed by atoms with E-state index in [-0.39, 0.29) is 42.2 Å². The minimum absolute atomic E-state index is 0.0169. The highest BCUT2D eigenvalue weighted by atomic mass is 32.2. The normalized spacial score (nSPS) is 22.5. The number of aliphatic hydroxyl groups excluding tert-OH is 2. The van der Waals surface area contributed by atoms with Crippen molar-refractivity contribution in [3.63, 3.8) is 0 Å². The van der Waals surface area contributed by atoms with Gasteiger partial charge in [-0.05, 0) is 32.0 Å². The molecule has 0 aromatic heterocycles. The smallest absolute Gasteiger partial charge is 0.247 e. The van der Waals surface area contributed by atoms with Crippen LogP contribution in [0.4, 0.5) is 0 Å². The van der Waals surface area contributed by atoms with Gasteiger partial charge in [0.25, 0.3) is 0 Å². The van der Waals surface area contributed by atoms with Gasteiger partial charge in [-0.15, -0.1) is 0 Å². The van der Waals surface area contributed by atoms with Gasteiger partial charge < -0.3 is 19.8 Å². The number of ether oxygens (including phenoxy) is 1. The number of carbonyl (C=O) groups excluding carboxylic acids is 1. The van der Waals surface area contributed by atoms with Crippen molar-refractivity contribution in [3.05, 3.63) is 23.8 Å². The van der Waals surface area contributed by atoms with Gasteiger partial charge in [-0.2, -0.15) is 4.31 Å². The molecule has 2 N–H and O–H groups in total. The molecule has 1 heterocycles. The van der Waals surface area contributed by atoms with Crippen LogP contribution >= 0.6 is 0 Å². The summed E-state index contributed by atoms with van der Waals surface area (Å²) in [6.45, 7) is 6.94. The Balaban J connectivity index is 2.58. The Morgan fingerprint density at radius 1 is 1.39 bits per heavy atom. The second-order valence-corrected chi connectivity index (χ2v) is 9.83. The molecular formula is C22H32N2O6S. The Morgan fingerprint density at radius 2 is 2.06 bits per heavy atom. The van der Waals surface area contributed by atoms with Crippen molar-refractivity contribution in [1.29, 1.82) is 0 Å². The van der Waals surface area contributed by atoms with E-state index in [1.807, 2.05) is 6.92 Å². The van der Waals surface area contributed by atoms with E-state index in [4.69, 9.17) is 4.74 Å². The van der Waals surface area contributed by atoms with E-state index in [1.54, 1.807) is 31.9 Å². The molecular weight excluding hydrogens is 420 g/mol. The quantitative estimate of drug-likeness (QED) is 0.647. The van der Waals surface area contributed by atoms with E-state index < -0.39 is 28.3 Å². The van der Waals surface area contributed by atoms with Crippen LogP contribution in [-0.2, 0) is 14.8 Å². The van der Waals surface area contributed by atoms with Crippen LogP contribution in [-0.4, -0.2) is 78.7 Å². The maximum absolute atomic E-state index is 13.4. The first-order valence-corrected chi connectivity index (χ1v) is 11.8. The molecule has 9 heteroatoms. The van der Waals surface area contributed by atoms with Gasteiger partial charge in [0.05, 0.1) is 13.2 Å². The second kappa shape index (κ2) is 10.5. The van der Waals surface area contributed by atoms with Gasteiger partial charge >= 0.3 is 0 Å². The predicted molar refractivity (Wildman–Crippen MR) is 117 cm³/mol. The number of aliphatic hydroxyl groups is 2. The highest BCUT2D eigenvalue weighted by molar-refractivity contribution is 7.89. The van der Waals surface area contributed by atoms with Crippen molar-refractivity contribution >= 4 is 15.9 Å². The summed E-state index contributed by atoms with van der Waals surface area (Å²) in [5.74, 6) is 5.28. The molecule has 8 nitrogen and oxygen atoms in total. The zero-order valence-electron chi connectivity index (χ0n) is 18.7. The molecule has 1 aliphatic heterocycles. The fourth-order valence-electron chi connectivity index (χ4n) is 3.35. The van der Waals surface area contributed by atoms with E-state index in [0.29, 0.717) is 12.0 Å². The molecule has 1 aromatic carbocycles. The molecule has 1 amide bonds. The summed E-state index contributed by atoms with van der Waals surface area (Å²) in [6.07, 6.45) is -0.938. The van der Waals surface area contributed by atoms with Crippen molar-refractivity contribution < 1.29 is 28.2 Å². The van der Waals surface area contributed by atoms with Crippen LogP contribution in [0.25, 0.3) is 0 Å². The third-order valence-electron chi connectivity index (χ3n) is 5.27. The highest BCUT2D eigenvalue weighted by Crippen LogP contribution is 2.34. The minimum Gasteiger partial charge on any atom is -0.487 e. The van der Waals surface area contributed by atoms with E-state index >= 15 is 0 Å². The number of fused-ring (bicyclic) bond motifs is 1. The van der Waals surface area contributed by atoms with Gasteiger partial charge in [-0.3, -0.25) is 4.79 Å². The van der Waals surface area contributed by atoms with Gasteiger partial charge in [-0.25, -0.2) is 8.42 Å². The maximum Gasteiger partial charge on any atom is 0.247 e. The average Bonchev–Trinajstić information content (AvgIpc) is 2.73. The minimum atomic E-state index is -3.94. The first-order chi connectivity index (χ1) is 14.5. The van der Waals surface area contributed by atoms with Gasteiger partial charge in [0.1, 0.15) is 22.9 Å². The third-order valence-corrected chi connectivity index (χ3v) is 7.29. The maximum atomic E-state index is 13.4. The molecule has 2 rings (SSSR count). The first-order valence-electron chi connectivity index (χ1n) is 10.4. The summed E-state index contributed by atoms with van der Waals surface area (Å²) in [5, 5.41) is 19.1. The number of hydrogen-bond donors (Lipinski definition) is 2. The molecule has 0 fully saturated rings. The van der Waals surface area contributed by atoms with Crippen LogP contribution in [0.1, 0.15) is 39.7 Å². The lowest BCUT2D eigenvalue weighted by molar-refractivity contribution is -0.131. The van der Waals surface area contributed by atoms with Crippen LogP contribution in [0, 0.1) is 17.8 Å². The van der Waals surface area contributed by atoms with Crippen LogP contribution < -0.4 is 4.74 Å². The summed E-state index contributed by atoms with van der Waals surface area (Å²) in [4.78, 5) is 13.7. The number of benzene rings is 1. The molecule has 0 radical (unpaired) electrons. The number of likely N-dealkylation sites (N-methyl/N-ethyl adjacent to an activating group) is 1. The standard InChI is InChI=1S/C22H32N2O6S/c1-6-22(27)23(5)13-20-15(2)12-24(16(3)14-25)31(28,29)21-10-9-18(8-7-17(4)26)11-19(21)30-20/h9-11,15-17,20,25-26H,6,12-14H2,1-5H3/t15-,16+,17-,20-/m1/s1. The average molecular weight is 453 g/mol. The summed E-state index contributed by atoms with van der Waals surface area (Å²) in [6, 6.07) is 3.91.